The van der Waals surface area contributed by atoms with Crippen LogP contribution < -0.4 is 9.80 Å². The summed E-state index contributed by atoms with van der Waals surface area (Å²) in [5.41, 5.74) is 6.65. The molecule has 145 valence electrons. The predicted octanol–water partition coefficient (Wildman–Crippen LogP) is 6.40. The number of para-hydroxylation sites is 1. The summed E-state index contributed by atoms with van der Waals surface area (Å²) in [5.74, 6) is 0.876. The van der Waals surface area contributed by atoms with E-state index in [2.05, 4.69) is 64.8 Å². The van der Waals surface area contributed by atoms with E-state index in [4.69, 9.17) is 9.40 Å². The monoisotopic (exact) mass is 391 g/mol. The summed E-state index contributed by atoms with van der Waals surface area (Å²) in [7, 11) is 0. The van der Waals surface area contributed by atoms with Crippen LogP contribution in [0.4, 0.5) is 22.9 Å². The number of benzene rings is 2. The van der Waals surface area contributed by atoms with Gasteiger partial charge in [-0.15, -0.1) is 0 Å². The van der Waals surface area contributed by atoms with Crippen molar-refractivity contribution in [1.82, 2.24) is 9.97 Å². The largest absolute Gasteiger partial charge is 0.435 e. The molecule has 0 saturated heterocycles. The lowest BCUT2D eigenvalue weighted by Crippen LogP contribution is -2.18. The van der Waals surface area contributed by atoms with Crippen molar-refractivity contribution >= 4 is 44.9 Å². The molecule has 4 heterocycles. The van der Waals surface area contributed by atoms with Crippen LogP contribution in [0.3, 0.4) is 0 Å². The molecule has 0 amide bonds. The van der Waals surface area contributed by atoms with Gasteiger partial charge in [-0.3, -0.25) is 4.90 Å². The highest BCUT2D eigenvalue weighted by Gasteiger charge is 2.32. The first-order valence-electron chi connectivity index (χ1n) is 9.94. The predicted molar refractivity (Wildman–Crippen MR) is 120 cm³/mol. The Balaban J connectivity index is 1.59. The number of pyridine rings is 2. The number of rotatable bonds is 2. The van der Waals surface area contributed by atoms with Crippen LogP contribution in [0.5, 0.6) is 0 Å². The molecule has 5 heteroatoms. The minimum atomic E-state index is 0.664. The van der Waals surface area contributed by atoms with Gasteiger partial charge < -0.3 is 9.32 Å². The van der Waals surface area contributed by atoms with Gasteiger partial charge in [-0.25, -0.2) is 9.97 Å². The van der Waals surface area contributed by atoms with Crippen molar-refractivity contribution in [2.24, 2.45) is 0 Å². The second kappa shape index (κ2) is 6.32. The molecule has 6 rings (SSSR count). The zero-order chi connectivity index (χ0) is 20.2. The van der Waals surface area contributed by atoms with Gasteiger partial charge in [0.2, 0.25) is 5.71 Å². The van der Waals surface area contributed by atoms with E-state index in [1.54, 1.807) is 0 Å². The Kier molecular flexibility index (Phi) is 3.59. The Morgan fingerprint density at radius 1 is 0.800 bits per heavy atom. The van der Waals surface area contributed by atoms with Crippen molar-refractivity contribution in [3.05, 3.63) is 90.9 Å². The summed E-state index contributed by atoms with van der Waals surface area (Å²) in [5, 5.41) is 2.08. The minimum absolute atomic E-state index is 0.664. The van der Waals surface area contributed by atoms with Gasteiger partial charge in [0.1, 0.15) is 0 Å². The molecule has 2 aromatic carbocycles. The van der Waals surface area contributed by atoms with E-state index in [-0.39, 0.29) is 0 Å². The molecule has 3 aromatic heterocycles. The Bertz CT molecular complexity index is 1410. The molecular weight excluding hydrogens is 372 g/mol. The maximum Gasteiger partial charge on any atom is 0.227 e. The minimum Gasteiger partial charge on any atom is -0.435 e. The summed E-state index contributed by atoms with van der Waals surface area (Å²) in [6.45, 7) is 6.16. The molecule has 0 atom stereocenters. The van der Waals surface area contributed by atoms with Crippen LogP contribution in [0.2, 0.25) is 0 Å². The molecule has 1 aliphatic heterocycles. The molecule has 0 bridgehead atoms. The lowest BCUT2D eigenvalue weighted by molar-refractivity contribution is 0.652. The van der Waals surface area contributed by atoms with Crippen molar-refractivity contribution < 1.29 is 4.42 Å². The summed E-state index contributed by atoms with van der Waals surface area (Å²) >= 11 is 0. The standard InChI is InChI=1S/C25H19N4O/c1-16-10-12-19-20-13-11-17(2)27-25(20)30-23(19)22(16)29-15-28(18-7-4-3-5-8-18)21-9-6-14-26-24(21)29/h3-15H,1-2H3. The summed E-state index contributed by atoms with van der Waals surface area (Å²) in [6.07, 6.45) is 1.83. The van der Waals surface area contributed by atoms with Crippen molar-refractivity contribution in [2.45, 2.75) is 13.8 Å². The molecular formula is C25H19N4O. The SMILES string of the molecule is Cc1ccc2c(n1)oc1c(N3[CH]N(c4ccccc4)c4cccnc43)c(C)ccc12. The third-order valence-electron chi connectivity index (χ3n) is 5.58. The van der Waals surface area contributed by atoms with Crippen LogP contribution in [-0.2, 0) is 0 Å². The number of nitrogens with zero attached hydrogens (tertiary/aromatic N) is 4. The van der Waals surface area contributed by atoms with Crippen LogP contribution in [0, 0.1) is 20.5 Å². The van der Waals surface area contributed by atoms with Crippen LogP contribution in [0.25, 0.3) is 22.1 Å². The van der Waals surface area contributed by atoms with Gasteiger partial charge in [0.05, 0.1) is 11.4 Å². The first-order chi connectivity index (χ1) is 14.7. The van der Waals surface area contributed by atoms with Gasteiger partial charge in [0.15, 0.2) is 18.1 Å². The fourth-order valence-corrected chi connectivity index (χ4v) is 4.15. The van der Waals surface area contributed by atoms with E-state index in [9.17, 15) is 0 Å². The Labute approximate surface area is 174 Å². The van der Waals surface area contributed by atoms with Crippen LogP contribution in [0.15, 0.2) is 77.3 Å². The lowest BCUT2D eigenvalue weighted by Gasteiger charge is -2.21. The van der Waals surface area contributed by atoms with Gasteiger partial charge in [-0.1, -0.05) is 30.3 Å². The first-order valence-corrected chi connectivity index (χ1v) is 9.94. The van der Waals surface area contributed by atoms with E-state index in [0.29, 0.717) is 5.71 Å². The maximum absolute atomic E-state index is 6.29. The highest BCUT2D eigenvalue weighted by atomic mass is 16.3. The third-order valence-corrected chi connectivity index (χ3v) is 5.58. The zero-order valence-electron chi connectivity index (χ0n) is 16.7. The number of aryl methyl sites for hydroxylation is 2. The molecule has 0 aliphatic carbocycles. The van der Waals surface area contributed by atoms with Crippen LogP contribution in [-0.4, -0.2) is 9.97 Å². The topological polar surface area (TPSA) is 45.4 Å². The van der Waals surface area contributed by atoms with Crippen molar-refractivity contribution in [2.75, 3.05) is 9.80 Å². The molecule has 1 radical (unpaired) electrons. The number of anilines is 4. The smallest absolute Gasteiger partial charge is 0.227 e. The normalized spacial score (nSPS) is 13.4. The van der Waals surface area contributed by atoms with Crippen molar-refractivity contribution in [3.63, 3.8) is 0 Å². The Hall–Kier alpha value is -3.86. The number of fused-ring (bicyclic) bond motifs is 4. The number of aromatic nitrogens is 2. The zero-order valence-corrected chi connectivity index (χ0v) is 16.7. The summed E-state index contributed by atoms with van der Waals surface area (Å²) in [6, 6.07) is 22.7. The summed E-state index contributed by atoms with van der Waals surface area (Å²) < 4.78 is 6.29. The molecule has 0 N–H and O–H groups in total. The van der Waals surface area contributed by atoms with E-state index in [1.807, 2.05) is 43.5 Å². The maximum atomic E-state index is 6.29. The second-order valence-corrected chi connectivity index (χ2v) is 7.55. The van der Waals surface area contributed by atoms with Gasteiger partial charge in [-0.2, -0.15) is 0 Å². The average Bonchev–Trinajstić information content (AvgIpc) is 3.32. The quantitative estimate of drug-likeness (QED) is 0.348. The van der Waals surface area contributed by atoms with E-state index in [1.165, 1.54) is 0 Å². The highest BCUT2D eigenvalue weighted by Crippen LogP contribution is 2.48. The van der Waals surface area contributed by atoms with Gasteiger partial charge in [-0.05, 0) is 55.8 Å². The Morgan fingerprint density at radius 2 is 1.63 bits per heavy atom. The highest BCUT2D eigenvalue weighted by molar-refractivity contribution is 6.10. The third kappa shape index (κ3) is 2.42. The van der Waals surface area contributed by atoms with E-state index >= 15 is 0 Å². The lowest BCUT2D eigenvalue weighted by atomic mass is 10.1. The van der Waals surface area contributed by atoms with Gasteiger partial charge >= 0.3 is 0 Å². The Morgan fingerprint density at radius 3 is 2.50 bits per heavy atom. The van der Waals surface area contributed by atoms with Crippen LogP contribution >= 0.6 is 0 Å². The average molecular weight is 391 g/mol. The number of furan rings is 1. The second-order valence-electron chi connectivity index (χ2n) is 7.55. The van der Waals surface area contributed by atoms with Crippen molar-refractivity contribution in [3.8, 4) is 0 Å². The fraction of sp³-hybridized carbons (Fsp3) is 0.0800. The molecule has 0 unspecified atom stereocenters. The van der Waals surface area contributed by atoms with Crippen molar-refractivity contribution in [1.29, 1.82) is 0 Å². The van der Waals surface area contributed by atoms with E-state index in [0.717, 1.165) is 50.5 Å². The molecule has 5 nitrogen and oxygen atoms in total. The van der Waals surface area contributed by atoms with Gasteiger partial charge in [0.25, 0.3) is 0 Å². The molecule has 0 spiro atoms. The summed E-state index contributed by atoms with van der Waals surface area (Å²) in [4.78, 5) is 13.6. The fourth-order valence-electron chi connectivity index (χ4n) is 4.15. The molecule has 0 saturated carbocycles. The molecule has 5 aromatic rings. The number of hydrogen-bond acceptors (Lipinski definition) is 5. The van der Waals surface area contributed by atoms with Crippen LogP contribution in [0.1, 0.15) is 11.3 Å². The number of hydrogen-bond donors (Lipinski definition) is 0. The molecule has 1 aliphatic rings. The van der Waals surface area contributed by atoms with E-state index < -0.39 is 0 Å². The molecule has 30 heavy (non-hydrogen) atoms. The molecule has 0 fully saturated rings. The van der Waals surface area contributed by atoms with Gasteiger partial charge in [0, 0.05) is 28.4 Å². The first kappa shape index (κ1) is 17.0.